The summed E-state index contributed by atoms with van der Waals surface area (Å²) in [6.07, 6.45) is 0.673. The minimum Gasteiger partial charge on any atom is -0.496 e. The zero-order valence-electron chi connectivity index (χ0n) is 12.0. The van der Waals surface area contributed by atoms with Crippen LogP contribution < -0.4 is 10.5 Å². The van der Waals surface area contributed by atoms with Gasteiger partial charge in [-0.15, -0.1) is 0 Å². The minimum absolute atomic E-state index is 0.000320. The molecule has 0 saturated carbocycles. The van der Waals surface area contributed by atoms with Gasteiger partial charge in [0.05, 0.1) is 13.7 Å². The van der Waals surface area contributed by atoms with Crippen LogP contribution in [0.2, 0.25) is 0 Å². The van der Waals surface area contributed by atoms with Crippen LogP contribution in [0.3, 0.4) is 0 Å². The van der Waals surface area contributed by atoms with E-state index in [2.05, 4.69) is 9.97 Å². The van der Waals surface area contributed by atoms with Crippen molar-refractivity contribution in [1.29, 1.82) is 0 Å². The van der Waals surface area contributed by atoms with Crippen molar-refractivity contribution in [3.8, 4) is 5.75 Å². The maximum Gasteiger partial charge on any atom is 0.220 e. The first-order chi connectivity index (χ1) is 9.55. The van der Waals surface area contributed by atoms with E-state index in [9.17, 15) is 0 Å². The van der Waals surface area contributed by atoms with Crippen LogP contribution >= 0.6 is 0 Å². The number of hydrogen-bond donors (Lipinski definition) is 2. The summed E-state index contributed by atoms with van der Waals surface area (Å²) in [6.45, 7) is 3.85. The summed E-state index contributed by atoms with van der Waals surface area (Å²) in [5.74, 6) is 1.05. The van der Waals surface area contributed by atoms with Gasteiger partial charge in [0.1, 0.15) is 5.75 Å². The van der Waals surface area contributed by atoms with Gasteiger partial charge < -0.3 is 15.6 Å². The molecule has 0 bridgehead atoms. The first kappa shape index (κ1) is 14.3. The number of aliphatic hydroxyl groups excluding tert-OH is 1. The predicted molar refractivity (Wildman–Crippen MR) is 77.6 cm³/mol. The van der Waals surface area contributed by atoms with Gasteiger partial charge in [-0.25, -0.2) is 9.97 Å². The Bertz CT molecular complexity index is 604. The number of nitrogens with two attached hydrogens (primary N) is 1. The largest absolute Gasteiger partial charge is 0.496 e. The minimum atomic E-state index is -0.000320. The van der Waals surface area contributed by atoms with Gasteiger partial charge in [0.25, 0.3) is 0 Å². The lowest BCUT2D eigenvalue weighted by atomic mass is 10.0. The molecule has 0 aliphatic carbocycles. The molecular weight excluding hydrogens is 254 g/mol. The van der Waals surface area contributed by atoms with Gasteiger partial charge in [0.2, 0.25) is 5.95 Å². The van der Waals surface area contributed by atoms with E-state index in [-0.39, 0.29) is 6.61 Å². The van der Waals surface area contributed by atoms with Crippen LogP contribution in [-0.4, -0.2) is 22.2 Å². The van der Waals surface area contributed by atoms with E-state index < -0.39 is 0 Å². The van der Waals surface area contributed by atoms with E-state index in [1.165, 1.54) is 0 Å². The Labute approximate surface area is 118 Å². The second kappa shape index (κ2) is 5.88. The van der Waals surface area contributed by atoms with Crippen LogP contribution in [0.15, 0.2) is 18.2 Å². The molecule has 0 amide bonds. The molecule has 106 valence electrons. The molecule has 1 heterocycles. The van der Waals surface area contributed by atoms with Crippen molar-refractivity contribution in [2.24, 2.45) is 0 Å². The normalized spacial score (nSPS) is 10.6. The first-order valence-electron chi connectivity index (χ1n) is 6.41. The molecule has 2 aromatic rings. The Balaban J connectivity index is 2.40. The van der Waals surface area contributed by atoms with Gasteiger partial charge in [0.15, 0.2) is 0 Å². The summed E-state index contributed by atoms with van der Waals surface area (Å²) in [5, 5.41) is 9.17. The molecule has 1 aromatic heterocycles. The smallest absolute Gasteiger partial charge is 0.220 e. The topological polar surface area (TPSA) is 81.3 Å². The van der Waals surface area contributed by atoms with Crippen LogP contribution in [0.25, 0.3) is 0 Å². The molecule has 0 aliphatic heterocycles. The van der Waals surface area contributed by atoms with E-state index in [0.717, 1.165) is 33.8 Å². The maximum absolute atomic E-state index is 9.17. The Morgan fingerprint density at radius 3 is 2.40 bits per heavy atom. The Kier molecular flexibility index (Phi) is 4.20. The van der Waals surface area contributed by atoms with Crippen LogP contribution in [0.4, 0.5) is 5.95 Å². The lowest BCUT2D eigenvalue weighted by Crippen LogP contribution is -2.06. The first-order valence-corrected chi connectivity index (χ1v) is 6.41. The van der Waals surface area contributed by atoms with Gasteiger partial charge in [-0.2, -0.15) is 0 Å². The van der Waals surface area contributed by atoms with Crippen LogP contribution in [-0.2, 0) is 13.0 Å². The van der Waals surface area contributed by atoms with Crippen molar-refractivity contribution in [2.75, 3.05) is 12.8 Å². The number of methoxy groups -OCH3 is 1. The third-order valence-corrected chi connectivity index (χ3v) is 3.34. The highest BCUT2D eigenvalue weighted by molar-refractivity contribution is 5.43. The third kappa shape index (κ3) is 2.88. The molecule has 5 heteroatoms. The maximum atomic E-state index is 9.17. The van der Waals surface area contributed by atoms with E-state index in [4.69, 9.17) is 15.6 Å². The summed E-state index contributed by atoms with van der Waals surface area (Å²) in [7, 11) is 1.62. The molecular formula is C15H19N3O2. The average molecular weight is 273 g/mol. The standard InChI is InChI=1S/C15H19N3O2/c1-9-13(10(2)18-15(16)17-9)7-12-5-4-11(8-19)6-14(12)20-3/h4-6,19H,7-8H2,1-3H3,(H2,16,17,18). The number of hydrogen-bond acceptors (Lipinski definition) is 5. The Morgan fingerprint density at radius 1 is 1.20 bits per heavy atom. The number of aliphatic hydroxyl groups is 1. The van der Waals surface area contributed by atoms with Gasteiger partial charge >= 0.3 is 0 Å². The number of aromatic nitrogens is 2. The number of nitrogen functional groups attached to an aromatic ring is 1. The van der Waals surface area contributed by atoms with E-state index >= 15 is 0 Å². The van der Waals surface area contributed by atoms with Crippen molar-refractivity contribution in [3.63, 3.8) is 0 Å². The fourth-order valence-electron chi connectivity index (χ4n) is 2.25. The van der Waals surface area contributed by atoms with Crippen molar-refractivity contribution in [3.05, 3.63) is 46.3 Å². The van der Waals surface area contributed by atoms with Crippen molar-refractivity contribution >= 4 is 5.95 Å². The van der Waals surface area contributed by atoms with Gasteiger partial charge in [-0.3, -0.25) is 0 Å². The van der Waals surface area contributed by atoms with Gasteiger partial charge in [-0.1, -0.05) is 12.1 Å². The summed E-state index contributed by atoms with van der Waals surface area (Å²) in [4.78, 5) is 8.41. The molecule has 2 rings (SSSR count). The fourth-order valence-corrected chi connectivity index (χ4v) is 2.25. The molecule has 0 aliphatic rings. The zero-order chi connectivity index (χ0) is 14.7. The molecule has 0 atom stereocenters. The molecule has 0 spiro atoms. The van der Waals surface area contributed by atoms with Gasteiger partial charge in [-0.05, 0) is 36.6 Å². The summed E-state index contributed by atoms with van der Waals surface area (Å²) >= 11 is 0. The Hall–Kier alpha value is -2.14. The second-order valence-corrected chi connectivity index (χ2v) is 4.71. The van der Waals surface area contributed by atoms with Gasteiger partial charge in [0, 0.05) is 17.8 Å². The van der Waals surface area contributed by atoms with Crippen LogP contribution in [0, 0.1) is 13.8 Å². The SMILES string of the molecule is COc1cc(CO)ccc1Cc1c(C)nc(N)nc1C. The summed E-state index contributed by atoms with van der Waals surface area (Å²) < 4.78 is 5.39. The van der Waals surface area contributed by atoms with Crippen molar-refractivity contribution < 1.29 is 9.84 Å². The summed E-state index contributed by atoms with van der Waals surface area (Å²) in [5.41, 5.74) is 10.3. The highest BCUT2D eigenvalue weighted by Gasteiger charge is 2.11. The highest BCUT2D eigenvalue weighted by atomic mass is 16.5. The monoisotopic (exact) mass is 273 g/mol. The van der Waals surface area contributed by atoms with E-state index in [1.807, 2.05) is 32.0 Å². The van der Waals surface area contributed by atoms with E-state index in [0.29, 0.717) is 12.4 Å². The third-order valence-electron chi connectivity index (χ3n) is 3.34. The average Bonchev–Trinajstić information content (AvgIpc) is 2.42. The zero-order valence-corrected chi connectivity index (χ0v) is 12.0. The van der Waals surface area contributed by atoms with Crippen LogP contribution in [0.5, 0.6) is 5.75 Å². The molecule has 0 saturated heterocycles. The highest BCUT2D eigenvalue weighted by Crippen LogP contribution is 2.25. The fraction of sp³-hybridized carbons (Fsp3) is 0.333. The second-order valence-electron chi connectivity index (χ2n) is 4.71. The number of benzene rings is 1. The number of nitrogens with zero attached hydrogens (tertiary/aromatic N) is 2. The Morgan fingerprint density at radius 2 is 1.85 bits per heavy atom. The lowest BCUT2D eigenvalue weighted by Gasteiger charge is -2.13. The molecule has 20 heavy (non-hydrogen) atoms. The number of aryl methyl sites for hydroxylation is 2. The molecule has 0 unspecified atom stereocenters. The number of anilines is 1. The predicted octanol–water partition coefficient (Wildman–Crippen LogP) is 1.77. The number of rotatable bonds is 4. The molecule has 0 fully saturated rings. The van der Waals surface area contributed by atoms with E-state index in [1.54, 1.807) is 7.11 Å². The lowest BCUT2D eigenvalue weighted by molar-refractivity contribution is 0.281. The van der Waals surface area contributed by atoms with Crippen molar-refractivity contribution in [2.45, 2.75) is 26.9 Å². The van der Waals surface area contributed by atoms with Crippen LogP contribution in [0.1, 0.15) is 28.1 Å². The quantitative estimate of drug-likeness (QED) is 0.887. The molecule has 5 nitrogen and oxygen atoms in total. The number of ether oxygens (including phenoxy) is 1. The van der Waals surface area contributed by atoms with Crippen molar-refractivity contribution in [1.82, 2.24) is 9.97 Å². The molecule has 3 N–H and O–H groups in total. The molecule has 1 aromatic carbocycles. The summed E-state index contributed by atoms with van der Waals surface area (Å²) in [6, 6.07) is 5.69. The molecule has 0 radical (unpaired) electrons.